The van der Waals surface area contributed by atoms with Gasteiger partial charge in [0.1, 0.15) is 0 Å². The van der Waals surface area contributed by atoms with Gasteiger partial charge in [0.15, 0.2) is 17.5 Å². The molecule has 0 spiro atoms. The molecule has 0 amide bonds. The Morgan fingerprint density at radius 1 is 0.288 bits per heavy atom. The molecule has 0 aliphatic carbocycles. The molecule has 0 fully saturated rings. The van der Waals surface area contributed by atoms with Gasteiger partial charge in [-0.25, -0.2) is 15.0 Å². The SMILES string of the molecule is c1ccc(-c2cccc(-c3nc(-c4ccccc4)nc(-c4cccc(-c5c(-c6ccc(-n7c8ccccc8c8ccccc87)cc6)ccc6ccccc56)c4)n3)c2)cc1. The molecule has 0 radical (unpaired) electrons. The van der Waals surface area contributed by atoms with Gasteiger partial charge in [0.05, 0.1) is 11.0 Å². The van der Waals surface area contributed by atoms with E-state index < -0.39 is 0 Å². The third-order valence-electron chi connectivity index (χ3n) is 11.3. The Balaban J connectivity index is 1.04. The largest absolute Gasteiger partial charge is 0.309 e. The van der Waals surface area contributed by atoms with Crippen molar-refractivity contribution in [1.82, 2.24) is 19.5 Å². The topological polar surface area (TPSA) is 43.6 Å². The maximum absolute atomic E-state index is 5.16. The predicted octanol–water partition coefficient (Wildman–Crippen LogP) is 14.1. The Labute approximate surface area is 342 Å². The summed E-state index contributed by atoms with van der Waals surface area (Å²) < 4.78 is 2.36. The van der Waals surface area contributed by atoms with Crippen molar-refractivity contribution >= 4 is 32.6 Å². The zero-order chi connectivity index (χ0) is 39.1. The average Bonchev–Trinajstić information content (AvgIpc) is 3.66. The fraction of sp³-hybridized carbons (Fsp3) is 0. The van der Waals surface area contributed by atoms with Gasteiger partial charge in [-0.05, 0) is 80.6 Å². The van der Waals surface area contributed by atoms with Crippen LogP contribution in [0.25, 0.3) is 106 Å². The van der Waals surface area contributed by atoms with Crippen molar-refractivity contribution < 1.29 is 0 Å². The normalized spacial score (nSPS) is 11.4. The van der Waals surface area contributed by atoms with Gasteiger partial charge in [-0.1, -0.05) is 182 Å². The van der Waals surface area contributed by atoms with Gasteiger partial charge in [-0.3, -0.25) is 0 Å². The number of hydrogen-bond donors (Lipinski definition) is 0. The molecular formula is C55H36N4. The standard InChI is InChI=1S/C55H36N4/c1-3-15-37(16-4-1)41-20-13-22-43(35-41)54-56-53(40-18-5-2-6-19-40)57-55(58-54)44-23-14-21-42(36-44)52-46-24-8-7-17-38(46)31-34-47(52)39-29-32-45(33-30-39)59-50-27-11-9-25-48(50)49-26-10-12-28-51(49)59/h1-36H. The summed E-state index contributed by atoms with van der Waals surface area (Å²) in [6.07, 6.45) is 0. The molecule has 0 aliphatic rings. The summed E-state index contributed by atoms with van der Waals surface area (Å²) in [5, 5.41) is 4.88. The number of benzene rings is 9. The van der Waals surface area contributed by atoms with Crippen LogP contribution in [0.4, 0.5) is 0 Å². The highest BCUT2D eigenvalue weighted by atomic mass is 15.0. The summed E-state index contributed by atoms with van der Waals surface area (Å²) in [6.45, 7) is 0. The third-order valence-corrected chi connectivity index (χ3v) is 11.3. The van der Waals surface area contributed by atoms with Crippen LogP contribution in [0, 0.1) is 0 Å². The highest BCUT2D eigenvalue weighted by molar-refractivity contribution is 6.09. The molecule has 0 unspecified atom stereocenters. The molecular weight excluding hydrogens is 717 g/mol. The van der Waals surface area contributed by atoms with E-state index in [9.17, 15) is 0 Å². The Morgan fingerprint density at radius 3 is 1.41 bits per heavy atom. The van der Waals surface area contributed by atoms with Crippen molar-refractivity contribution in [1.29, 1.82) is 0 Å². The molecule has 4 nitrogen and oxygen atoms in total. The monoisotopic (exact) mass is 752 g/mol. The molecule has 2 heterocycles. The quantitative estimate of drug-likeness (QED) is 0.163. The van der Waals surface area contributed by atoms with E-state index in [2.05, 4.69) is 199 Å². The molecule has 11 aromatic rings. The second-order valence-electron chi connectivity index (χ2n) is 14.8. The fourth-order valence-electron chi connectivity index (χ4n) is 8.45. The van der Waals surface area contributed by atoms with Gasteiger partial charge >= 0.3 is 0 Å². The van der Waals surface area contributed by atoms with Crippen LogP contribution in [0.1, 0.15) is 0 Å². The summed E-state index contributed by atoms with van der Waals surface area (Å²) >= 11 is 0. The van der Waals surface area contributed by atoms with E-state index in [0.29, 0.717) is 17.5 Å². The van der Waals surface area contributed by atoms with E-state index in [1.54, 1.807) is 0 Å². The minimum atomic E-state index is 0.623. The lowest BCUT2D eigenvalue weighted by Gasteiger charge is -2.16. The first-order valence-electron chi connectivity index (χ1n) is 19.9. The second-order valence-corrected chi connectivity index (χ2v) is 14.8. The maximum Gasteiger partial charge on any atom is 0.164 e. The molecule has 0 saturated carbocycles. The Kier molecular flexibility index (Phi) is 8.45. The molecule has 0 N–H and O–H groups in total. The first-order chi connectivity index (χ1) is 29.2. The lowest BCUT2D eigenvalue weighted by molar-refractivity contribution is 1.07. The lowest BCUT2D eigenvalue weighted by atomic mass is 9.89. The molecule has 0 bridgehead atoms. The minimum absolute atomic E-state index is 0.623. The Hall–Kier alpha value is -7.95. The van der Waals surface area contributed by atoms with Crippen molar-refractivity contribution in [2.24, 2.45) is 0 Å². The average molecular weight is 753 g/mol. The molecule has 4 heteroatoms. The highest BCUT2D eigenvalue weighted by Crippen LogP contribution is 2.41. The lowest BCUT2D eigenvalue weighted by Crippen LogP contribution is -2.00. The molecule has 0 atom stereocenters. The van der Waals surface area contributed by atoms with Gasteiger partial charge < -0.3 is 4.57 Å². The van der Waals surface area contributed by atoms with Crippen LogP contribution in [0.15, 0.2) is 218 Å². The molecule has 276 valence electrons. The van der Waals surface area contributed by atoms with E-state index in [1.165, 1.54) is 38.1 Å². The van der Waals surface area contributed by atoms with Crippen molar-refractivity contribution in [2.75, 3.05) is 0 Å². The maximum atomic E-state index is 5.16. The van der Waals surface area contributed by atoms with E-state index in [4.69, 9.17) is 15.0 Å². The number of fused-ring (bicyclic) bond motifs is 4. The zero-order valence-corrected chi connectivity index (χ0v) is 32.1. The second kappa shape index (κ2) is 14.5. The smallest absolute Gasteiger partial charge is 0.164 e. The van der Waals surface area contributed by atoms with Gasteiger partial charge in [-0.15, -0.1) is 0 Å². The van der Waals surface area contributed by atoms with Crippen LogP contribution < -0.4 is 0 Å². The zero-order valence-electron chi connectivity index (χ0n) is 32.1. The summed E-state index contributed by atoms with van der Waals surface area (Å²) in [7, 11) is 0. The van der Waals surface area contributed by atoms with Crippen LogP contribution in [-0.4, -0.2) is 19.5 Å². The Morgan fingerprint density at radius 2 is 0.763 bits per heavy atom. The predicted molar refractivity (Wildman–Crippen MR) is 244 cm³/mol. The van der Waals surface area contributed by atoms with Crippen molar-refractivity contribution in [3.8, 4) is 73.2 Å². The summed E-state index contributed by atoms with van der Waals surface area (Å²) in [6, 6.07) is 77.1. The minimum Gasteiger partial charge on any atom is -0.309 e. The van der Waals surface area contributed by atoms with E-state index in [-0.39, 0.29) is 0 Å². The number of aromatic nitrogens is 4. The number of hydrogen-bond acceptors (Lipinski definition) is 3. The summed E-state index contributed by atoms with van der Waals surface area (Å²) in [4.78, 5) is 15.3. The van der Waals surface area contributed by atoms with E-state index >= 15 is 0 Å². The van der Waals surface area contributed by atoms with Crippen LogP contribution in [0.2, 0.25) is 0 Å². The summed E-state index contributed by atoms with van der Waals surface area (Å²) in [5.74, 6) is 1.89. The summed E-state index contributed by atoms with van der Waals surface area (Å²) in [5.41, 5.74) is 13.1. The van der Waals surface area contributed by atoms with Gasteiger partial charge in [0, 0.05) is 33.2 Å². The van der Waals surface area contributed by atoms with Gasteiger partial charge in [0.2, 0.25) is 0 Å². The van der Waals surface area contributed by atoms with Crippen LogP contribution in [-0.2, 0) is 0 Å². The number of rotatable bonds is 7. The van der Waals surface area contributed by atoms with Crippen molar-refractivity contribution in [3.05, 3.63) is 218 Å². The first kappa shape index (κ1) is 34.3. The van der Waals surface area contributed by atoms with Crippen LogP contribution >= 0.6 is 0 Å². The molecule has 0 aliphatic heterocycles. The number of para-hydroxylation sites is 2. The van der Waals surface area contributed by atoms with E-state index in [1.807, 2.05) is 24.3 Å². The van der Waals surface area contributed by atoms with Crippen molar-refractivity contribution in [2.45, 2.75) is 0 Å². The molecule has 0 saturated heterocycles. The first-order valence-corrected chi connectivity index (χ1v) is 19.9. The van der Waals surface area contributed by atoms with Gasteiger partial charge in [-0.2, -0.15) is 0 Å². The van der Waals surface area contributed by atoms with Crippen LogP contribution in [0.3, 0.4) is 0 Å². The Bertz CT molecular complexity index is 3260. The number of nitrogens with zero attached hydrogens (tertiary/aromatic N) is 4. The van der Waals surface area contributed by atoms with Crippen molar-refractivity contribution in [3.63, 3.8) is 0 Å². The molecule has 2 aromatic heterocycles. The molecule has 11 rings (SSSR count). The van der Waals surface area contributed by atoms with Gasteiger partial charge in [0.25, 0.3) is 0 Å². The van der Waals surface area contributed by atoms with E-state index in [0.717, 1.165) is 50.2 Å². The van der Waals surface area contributed by atoms with Crippen LogP contribution in [0.5, 0.6) is 0 Å². The highest BCUT2D eigenvalue weighted by Gasteiger charge is 2.18. The molecule has 9 aromatic carbocycles. The third kappa shape index (κ3) is 6.24. The fourth-order valence-corrected chi connectivity index (χ4v) is 8.45. The molecule has 59 heavy (non-hydrogen) atoms.